The molecule has 0 saturated heterocycles. The van der Waals surface area contributed by atoms with Crippen LogP contribution < -0.4 is 0 Å². The first-order valence-corrected chi connectivity index (χ1v) is 8.84. The highest BCUT2D eigenvalue weighted by Crippen LogP contribution is 2.63. The van der Waals surface area contributed by atoms with Gasteiger partial charge in [-0.2, -0.15) is 0 Å². The van der Waals surface area contributed by atoms with Crippen molar-refractivity contribution < 1.29 is 9.90 Å². The summed E-state index contributed by atoms with van der Waals surface area (Å²) in [5, 5.41) is 9.84. The van der Waals surface area contributed by atoms with Crippen LogP contribution in [0.1, 0.15) is 65.7 Å². The maximum atomic E-state index is 12.0. The summed E-state index contributed by atoms with van der Waals surface area (Å²) in [6.07, 6.45) is 12.1. The van der Waals surface area contributed by atoms with Crippen LogP contribution >= 0.6 is 0 Å². The van der Waals surface area contributed by atoms with Gasteiger partial charge in [0.15, 0.2) is 0 Å². The van der Waals surface area contributed by atoms with Crippen LogP contribution in [0.2, 0.25) is 0 Å². The third kappa shape index (κ3) is 2.10. The van der Waals surface area contributed by atoms with E-state index in [-0.39, 0.29) is 10.8 Å². The predicted molar refractivity (Wildman–Crippen MR) is 89.5 cm³/mol. The molecule has 1 N–H and O–H groups in total. The standard InChI is InChI=1S/C20H30O2/c1-5-18(2)12-9-15-14(13-18)7-8-16-19(15,3)10-6-11-20(16,4)17(21)22/h5,13,15-16H,1,6-12H2,2-4H3,(H,21,22)/t15-,16+,18+,19+,20+/m1/s1. The lowest BCUT2D eigenvalue weighted by molar-refractivity contribution is -0.164. The number of carboxylic acid groups (broad SMARTS) is 1. The van der Waals surface area contributed by atoms with Gasteiger partial charge >= 0.3 is 5.97 Å². The lowest BCUT2D eigenvalue weighted by Gasteiger charge is -2.59. The van der Waals surface area contributed by atoms with Gasteiger partial charge in [0.2, 0.25) is 0 Å². The van der Waals surface area contributed by atoms with Crippen molar-refractivity contribution in [3.05, 3.63) is 24.3 Å². The van der Waals surface area contributed by atoms with E-state index in [9.17, 15) is 9.90 Å². The number of allylic oxidation sites excluding steroid dienone is 3. The molecule has 2 nitrogen and oxygen atoms in total. The SMILES string of the molecule is C=C[C@]1(C)C=C2CC[C@H]3[C@@](C)(CCC[C@]3(C)C(=O)O)[C@@H]2CC1. The number of hydrogen-bond acceptors (Lipinski definition) is 1. The van der Waals surface area contributed by atoms with Crippen LogP contribution in [-0.2, 0) is 4.79 Å². The molecule has 5 atom stereocenters. The van der Waals surface area contributed by atoms with E-state index in [2.05, 4.69) is 32.6 Å². The smallest absolute Gasteiger partial charge is 0.309 e. The summed E-state index contributed by atoms with van der Waals surface area (Å²) in [6, 6.07) is 0. The minimum atomic E-state index is -0.581. The molecule has 2 saturated carbocycles. The monoisotopic (exact) mass is 302 g/mol. The molecule has 0 amide bonds. The fourth-order valence-corrected chi connectivity index (χ4v) is 5.94. The van der Waals surface area contributed by atoms with Crippen molar-refractivity contribution in [2.75, 3.05) is 0 Å². The zero-order valence-corrected chi connectivity index (χ0v) is 14.3. The lowest BCUT2D eigenvalue weighted by Crippen LogP contribution is -2.54. The van der Waals surface area contributed by atoms with Crippen LogP contribution in [-0.4, -0.2) is 11.1 Å². The molecule has 0 heterocycles. The zero-order valence-electron chi connectivity index (χ0n) is 14.3. The van der Waals surface area contributed by atoms with Crippen molar-refractivity contribution in [3.8, 4) is 0 Å². The van der Waals surface area contributed by atoms with E-state index in [4.69, 9.17) is 0 Å². The number of carbonyl (C=O) groups is 1. The molecule has 3 rings (SSSR count). The van der Waals surface area contributed by atoms with Crippen molar-refractivity contribution in [3.63, 3.8) is 0 Å². The maximum Gasteiger partial charge on any atom is 0.309 e. The highest BCUT2D eigenvalue weighted by atomic mass is 16.4. The second-order valence-electron chi connectivity index (χ2n) is 8.69. The molecule has 0 aromatic heterocycles. The van der Waals surface area contributed by atoms with Crippen molar-refractivity contribution in [2.45, 2.75) is 65.7 Å². The molecule has 0 aliphatic heterocycles. The summed E-state index contributed by atoms with van der Waals surface area (Å²) in [6.45, 7) is 10.7. The normalized spacial score (nSPS) is 47.9. The van der Waals surface area contributed by atoms with E-state index in [0.29, 0.717) is 11.8 Å². The third-order valence-electron chi connectivity index (χ3n) is 7.38. The Morgan fingerprint density at radius 2 is 2.00 bits per heavy atom. The first kappa shape index (κ1) is 15.8. The van der Waals surface area contributed by atoms with Crippen molar-refractivity contribution in [2.24, 2.45) is 28.1 Å². The molecule has 3 aliphatic carbocycles. The fourth-order valence-electron chi connectivity index (χ4n) is 5.94. The highest BCUT2D eigenvalue weighted by molar-refractivity contribution is 5.75. The van der Waals surface area contributed by atoms with Gasteiger partial charge in [0.05, 0.1) is 5.41 Å². The summed E-state index contributed by atoms with van der Waals surface area (Å²) in [4.78, 5) is 12.0. The van der Waals surface area contributed by atoms with Crippen molar-refractivity contribution in [1.29, 1.82) is 0 Å². The Labute approximate surface area is 134 Å². The molecule has 0 aromatic carbocycles. The van der Waals surface area contributed by atoms with E-state index in [0.717, 1.165) is 32.1 Å². The minimum absolute atomic E-state index is 0.139. The van der Waals surface area contributed by atoms with E-state index in [1.54, 1.807) is 5.57 Å². The second kappa shape index (κ2) is 4.97. The van der Waals surface area contributed by atoms with Crippen molar-refractivity contribution >= 4 is 5.97 Å². The molecular weight excluding hydrogens is 272 g/mol. The van der Waals surface area contributed by atoms with Crippen LogP contribution in [0.15, 0.2) is 24.3 Å². The van der Waals surface area contributed by atoms with Gasteiger partial charge in [-0.15, -0.1) is 6.58 Å². The number of aliphatic carboxylic acids is 1. The number of rotatable bonds is 2. The third-order valence-corrected chi connectivity index (χ3v) is 7.38. The van der Waals surface area contributed by atoms with Crippen LogP contribution in [0, 0.1) is 28.1 Å². The quantitative estimate of drug-likeness (QED) is 0.711. The average molecular weight is 302 g/mol. The first-order valence-electron chi connectivity index (χ1n) is 8.84. The molecule has 2 heteroatoms. The average Bonchev–Trinajstić information content (AvgIpc) is 2.46. The molecule has 0 unspecified atom stereocenters. The predicted octanol–water partition coefficient (Wildman–Crippen LogP) is 5.21. The largest absolute Gasteiger partial charge is 0.481 e. The topological polar surface area (TPSA) is 37.3 Å². The molecular formula is C20H30O2. The number of carboxylic acids is 1. The molecule has 122 valence electrons. The van der Waals surface area contributed by atoms with E-state index in [1.807, 2.05) is 6.92 Å². The molecule has 0 aromatic rings. The molecule has 0 radical (unpaired) electrons. The Balaban J connectivity index is 1.99. The van der Waals surface area contributed by atoms with Crippen LogP contribution in [0.4, 0.5) is 0 Å². The van der Waals surface area contributed by atoms with Crippen LogP contribution in [0.5, 0.6) is 0 Å². The summed E-state index contributed by atoms with van der Waals surface area (Å²) >= 11 is 0. The van der Waals surface area contributed by atoms with Gasteiger partial charge in [-0.05, 0) is 62.7 Å². The van der Waals surface area contributed by atoms with Gasteiger partial charge in [0, 0.05) is 5.41 Å². The van der Waals surface area contributed by atoms with Gasteiger partial charge in [0.25, 0.3) is 0 Å². The second-order valence-corrected chi connectivity index (χ2v) is 8.69. The van der Waals surface area contributed by atoms with Gasteiger partial charge < -0.3 is 5.11 Å². The summed E-state index contributed by atoms with van der Waals surface area (Å²) in [5.41, 5.74) is 1.36. The fraction of sp³-hybridized carbons (Fsp3) is 0.750. The molecule has 0 bridgehead atoms. The highest BCUT2D eigenvalue weighted by Gasteiger charge is 2.58. The summed E-state index contributed by atoms with van der Waals surface area (Å²) in [5.74, 6) is 0.322. The van der Waals surface area contributed by atoms with Gasteiger partial charge in [0.1, 0.15) is 0 Å². The summed E-state index contributed by atoms with van der Waals surface area (Å²) < 4.78 is 0. The number of hydrogen-bond donors (Lipinski definition) is 1. The van der Waals surface area contributed by atoms with Crippen LogP contribution in [0.3, 0.4) is 0 Å². The minimum Gasteiger partial charge on any atom is -0.481 e. The Kier molecular flexibility index (Phi) is 3.58. The first-order chi connectivity index (χ1) is 10.3. The van der Waals surface area contributed by atoms with Gasteiger partial charge in [-0.25, -0.2) is 0 Å². The Bertz CT molecular complexity index is 534. The molecule has 2 fully saturated rings. The van der Waals surface area contributed by atoms with E-state index < -0.39 is 11.4 Å². The number of fused-ring (bicyclic) bond motifs is 3. The Morgan fingerprint density at radius 3 is 2.64 bits per heavy atom. The summed E-state index contributed by atoms with van der Waals surface area (Å²) in [7, 11) is 0. The Morgan fingerprint density at radius 1 is 1.27 bits per heavy atom. The Hall–Kier alpha value is -1.05. The molecule has 0 spiro atoms. The van der Waals surface area contributed by atoms with E-state index in [1.165, 1.54) is 12.8 Å². The maximum absolute atomic E-state index is 12.0. The van der Waals surface area contributed by atoms with Crippen LogP contribution in [0.25, 0.3) is 0 Å². The lowest BCUT2D eigenvalue weighted by atomic mass is 9.45. The van der Waals surface area contributed by atoms with Gasteiger partial charge in [-0.3, -0.25) is 4.79 Å². The van der Waals surface area contributed by atoms with Gasteiger partial charge in [-0.1, -0.05) is 38.0 Å². The molecule has 22 heavy (non-hydrogen) atoms. The van der Waals surface area contributed by atoms with E-state index >= 15 is 0 Å². The van der Waals surface area contributed by atoms with Crippen molar-refractivity contribution in [1.82, 2.24) is 0 Å². The molecule has 3 aliphatic rings. The zero-order chi connectivity index (χ0) is 16.2.